The molecule has 2 atom stereocenters. The fraction of sp³-hybridized carbons (Fsp3) is 0.632. The van der Waals surface area contributed by atoms with Crippen molar-refractivity contribution in [3.63, 3.8) is 0 Å². The summed E-state index contributed by atoms with van der Waals surface area (Å²) >= 11 is 6.15. The van der Waals surface area contributed by atoms with Crippen LogP contribution in [-0.4, -0.2) is 79.3 Å². The highest BCUT2D eigenvalue weighted by Gasteiger charge is 2.37. The standard InChI is InChI=1S/C19H28ClN3O4S/c1-15-13-23(14-16(2)27-15)28(25,26)22-11-9-21(10-12-22)19(24)8-7-17-5-3-4-6-18(17)20/h3-6,15-16H,7-14H2,1-2H3/t15-,16-/m0/s1. The molecule has 0 spiro atoms. The largest absolute Gasteiger partial charge is 0.373 e. The monoisotopic (exact) mass is 429 g/mol. The van der Waals surface area contributed by atoms with Gasteiger partial charge < -0.3 is 9.64 Å². The topological polar surface area (TPSA) is 70.2 Å². The Morgan fingerprint density at radius 2 is 1.68 bits per heavy atom. The summed E-state index contributed by atoms with van der Waals surface area (Å²) < 4.78 is 34.5. The first kappa shape index (κ1) is 21.5. The molecule has 2 aliphatic heterocycles. The van der Waals surface area contributed by atoms with Crippen molar-refractivity contribution in [2.45, 2.75) is 38.9 Å². The molecule has 9 heteroatoms. The normalized spacial score (nSPS) is 25.0. The summed E-state index contributed by atoms with van der Waals surface area (Å²) in [6, 6.07) is 7.51. The number of ether oxygens (including phenoxy) is 1. The van der Waals surface area contributed by atoms with E-state index in [2.05, 4.69) is 0 Å². The zero-order chi connectivity index (χ0) is 20.3. The average Bonchev–Trinajstić information content (AvgIpc) is 2.66. The van der Waals surface area contributed by atoms with E-state index in [1.165, 1.54) is 8.61 Å². The highest BCUT2D eigenvalue weighted by molar-refractivity contribution is 7.86. The van der Waals surface area contributed by atoms with Crippen LogP contribution in [0.15, 0.2) is 24.3 Å². The van der Waals surface area contributed by atoms with E-state index >= 15 is 0 Å². The summed E-state index contributed by atoms with van der Waals surface area (Å²) in [6.07, 6.45) is 0.715. The number of hydrogen-bond donors (Lipinski definition) is 0. The molecule has 0 N–H and O–H groups in total. The van der Waals surface area contributed by atoms with Crippen LogP contribution in [0.1, 0.15) is 25.8 Å². The molecule has 1 amide bonds. The van der Waals surface area contributed by atoms with Crippen LogP contribution in [0, 0.1) is 0 Å². The van der Waals surface area contributed by atoms with Gasteiger partial charge in [0.05, 0.1) is 12.2 Å². The molecule has 3 rings (SSSR count). The van der Waals surface area contributed by atoms with Gasteiger partial charge in [0, 0.05) is 50.7 Å². The van der Waals surface area contributed by atoms with E-state index in [0.717, 1.165) is 5.56 Å². The van der Waals surface area contributed by atoms with Crippen LogP contribution in [0.25, 0.3) is 0 Å². The van der Waals surface area contributed by atoms with Gasteiger partial charge in [0.1, 0.15) is 0 Å². The SMILES string of the molecule is C[C@H]1CN(S(=O)(=O)N2CCN(C(=O)CCc3ccccc3Cl)CC2)C[C@H](C)O1. The highest BCUT2D eigenvalue weighted by atomic mass is 35.5. The van der Waals surface area contributed by atoms with Crippen LogP contribution >= 0.6 is 11.6 Å². The van der Waals surface area contributed by atoms with Crippen LogP contribution in [0.4, 0.5) is 0 Å². The minimum Gasteiger partial charge on any atom is -0.373 e. The van der Waals surface area contributed by atoms with Gasteiger partial charge in [-0.25, -0.2) is 0 Å². The first-order valence-corrected chi connectivity index (χ1v) is 11.5. The van der Waals surface area contributed by atoms with Gasteiger partial charge in [-0.15, -0.1) is 0 Å². The van der Waals surface area contributed by atoms with Gasteiger partial charge in [-0.3, -0.25) is 4.79 Å². The fourth-order valence-corrected chi connectivity index (χ4v) is 5.73. The molecular formula is C19H28ClN3O4S. The van der Waals surface area contributed by atoms with Crippen molar-refractivity contribution in [1.29, 1.82) is 0 Å². The van der Waals surface area contributed by atoms with Crippen LogP contribution in [0.3, 0.4) is 0 Å². The highest BCUT2D eigenvalue weighted by Crippen LogP contribution is 2.20. The second kappa shape index (κ2) is 9.09. The number of aryl methyl sites for hydroxylation is 1. The maximum Gasteiger partial charge on any atom is 0.282 e. The molecule has 2 fully saturated rings. The third-order valence-corrected chi connectivity index (χ3v) is 7.53. The molecule has 0 aliphatic carbocycles. The van der Waals surface area contributed by atoms with E-state index in [1.807, 2.05) is 38.1 Å². The molecule has 2 aliphatic rings. The lowest BCUT2D eigenvalue weighted by Gasteiger charge is -2.40. The molecule has 0 unspecified atom stereocenters. The van der Waals surface area contributed by atoms with Crippen LogP contribution in [0.2, 0.25) is 5.02 Å². The summed E-state index contributed by atoms with van der Waals surface area (Å²) in [5.41, 5.74) is 0.953. The van der Waals surface area contributed by atoms with Crippen molar-refractivity contribution in [3.05, 3.63) is 34.9 Å². The summed E-state index contributed by atoms with van der Waals surface area (Å²) in [5.74, 6) is 0.0329. The molecule has 0 aromatic heterocycles. The maximum absolute atomic E-state index is 12.9. The molecule has 0 saturated carbocycles. The van der Waals surface area contributed by atoms with E-state index in [-0.39, 0.29) is 18.1 Å². The number of nitrogens with zero attached hydrogens (tertiary/aromatic N) is 3. The third-order valence-electron chi connectivity index (χ3n) is 5.20. The van der Waals surface area contributed by atoms with Crippen molar-refractivity contribution in [2.75, 3.05) is 39.3 Å². The third kappa shape index (κ3) is 5.04. The molecular weight excluding hydrogens is 402 g/mol. The van der Waals surface area contributed by atoms with E-state index in [0.29, 0.717) is 57.1 Å². The zero-order valence-electron chi connectivity index (χ0n) is 16.4. The quantitative estimate of drug-likeness (QED) is 0.715. The van der Waals surface area contributed by atoms with Gasteiger partial charge in [0.2, 0.25) is 5.91 Å². The van der Waals surface area contributed by atoms with Crippen molar-refractivity contribution >= 4 is 27.7 Å². The lowest BCUT2D eigenvalue weighted by Crippen LogP contribution is -2.57. The van der Waals surface area contributed by atoms with Crippen molar-refractivity contribution in [2.24, 2.45) is 0 Å². The van der Waals surface area contributed by atoms with Gasteiger partial charge in [-0.05, 0) is 31.9 Å². The molecule has 28 heavy (non-hydrogen) atoms. The Balaban J connectivity index is 1.52. The molecule has 0 radical (unpaired) electrons. The molecule has 1 aromatic rings. The molecule has 0 bridgehead atoms. The van der Waals surface area contributed by atoms with Crippen molar-refractivity contribution in [3.8, 4) is 0 Å². The summed E-state index contributed by atoms with van der Waals surface area (Å²) in [6.45, 7) is 5.96. The number of carbonyl (C=O) groups excluding carboxylic acids is 1. The minimum absolute atomic E-state index is 0.0329. The smallest absolute Gasteiger partial charge is 0.282 e. The number of halogens is 1. The van der Waals surface area contributed by atoms with E-state index in [9.17, 15) is 13.2 Å². The number of morpholine rings is 1. The van der Waals surface area contributed by atoms with E-state index < -0.39 is 10.2 Å². The number of hydrogen-bond acceptors (Lipinski definition) is 4. The number of rotatable bonds is 5. The number of piperazine rings is 1. The molecule has 1 aromatic carbocycles. The molecule has 7 nitrogen and oxygen atoms in total. The Morgan fingerprint density at radius 1 is 1.07 bits per heavy atom. The van der Waals surface area contributed by atoms with Gasteiger partial charge in [-0.2, -0.15) is 17.0 Å². The Bertz CT molecular complexity index is 786. The molecule has 2 heterocycles. The average molecular weight is 430 g/mol. The predicted molar refractivity (Wildman–Crippen MR) is 108 cm³/mol. The summed E-state index contributed by atoms with van der Waals surface area (Å²) in [5, 5.41) is 0.667. The first-order chi connectivity index (χ1) is 13.3. The van der Waals surface area contributed by atoms with Crippen molar-refractivity contribution < 1.29 is 17.9 Å². The Labute approximate surface area is 172 Å². The number of benzene rings is 1. The van der Waals surface area contributed by atoms with Crippen LogP contribution in [0.5, 0.6) is 0 Å². The Morgan fingerprint density at radius 3 is 2.29 bits per heavy atom. The second-order valence-corrected chi connectivity index (χ2v) is 9.79. The van der Waals surface area contributed by atoms with E-state index in [4.69, 9.17) is 16.3 Å². The maximum atomic E-state index is 12.9. The number of carbonyl (C=O) groups is 1. The lowest BCUT2D eigenvalue weighted by molar-refractivity contribution is -0.132. The van der Waals surface area contributed by atoms with Gasteiger partial charge >= 0.3 is 0 Å². The van der Waals surface area contributed by atoms with Gasteiger partial charge in [0.15, 0.2) is 0 Å². The fourth-order valence-electron chi connectivity index (χ4n) is 3.75. The van der Waals surface area contributed by atoms with Crippen LogP contribution in [-0.2, 0) is 26.2 Å². The Hall–Kier alpha value is -1.19. The summed E-state index contributed by atoms with van der Waals surface area (Å²) in [4.78, 5) is 14.3. The first-order valence-electron chi connectivity index (χ1n) is 9.69. The lowest BCUT2D eigenvalue weighted by atomic mass is 10.1. The minimum atomic E-state index is -3.53. The Kier molecular flexibility index (Phi) is 6.98. The summed E-state index contributed by atoms with van der Waals surface area (Å²) in [7, 11) is -3.53. The second-order valence-electron chi connectivity index (χ2n) is 7.45. The van der Waals surface area contributed by atoms with Gasteiger partial charge in [0.25, 0.3) is 10.2 Å². The zero-order valence-corrected chi connectivity index (χ0v) is 18.0. The van der Waals surface area contributed by atoms with Crippen LogP contribution < -0.4 is 0 Å². The van der Waals surface area contributed by atoms with E-state index in [1.54, 1.807) is 4.90 Å². The predicted octanol–water partition coefficient (Wildman–Crippen LogP) is 1.77. The molecule has 156 valence electrons. The molecule has 2 saturated heterocycles. The number of amides is 1. The van der Waals surface area contributed by atoms with Crippen molar-refractivity contribution in [1.82, 2.24) is 13.5 Å². The van der Waals surface area contributed by atoms with Gasteiger partial charge in [-0.1, -0.05) is 29.8 Å².